The number of pyridine rings is 1. The van der Waals surface area contributed by atoms with Crippen molar-refractivity contribution in [3.8, 4) is 0 Å². The van der Waals surface area contributed by atoms with E-state index in [-0.39, 0.29) is 30.5 Å². The SMILES string of the molecule is CC(C)(OCCO)c1cnc2n1C[C@H](c1c(F)cccc1F)CC[C@@H]2CN1CCC2(CC1)OC(=O)N(C(N)=O)c1ncccc12. The Hall–Kier alpha value is -3.94. The van der Waals surface area contributed by atoms with Gasteiger partial charge in [-0.15, -0.1) is 0 Å². The number of nitrogens with zero attached hydrogens (tertiary/aromatic N) is 5. The number of halogens is 2. The molecule has 3 N–H and O–H groups in total. The van der Waals surface area contributed by atoms with E-state index in [2.05, 4.69) is 9.88 Å². The van der Waals surface area contributed by atoms with E-state index in [9.17, 15) is 14.7 Å². The number of benzene rings is 1. The van der Waals surface area contributed by atoms with E-state index >= 15 is 8.78 Å². The van der Waals surface area contributed by atoms with Crippen molar-refractivity contribution in [2.24, 2.45) is 5.73 Å². The first kappa shape index (κ1) is 31.1. The number of piperidine rings is 1. The Morgan fingerprint density at radius 2 is 1.89 bits per heavy atom. The van der Waals surface area contributed by atoms with E-state index in [1.807, 2.05) is 24.5 Å². The van der Waals surface area contributed by atoms with Crippen molar-refractivity contribution in [1.82, 2.24) is 19.4 Å². The van der Waals surface area contributed by atoms with Gasteiger partial charge in [-0.25, -0.2) is 28.3 Å². The molecule has 3 aliphatic heterocycles. The fourth-order valence-electron chi connectivity index (χ4n) is 7.17. The first-order chi connectivity index (χ1) is 21.5. The summed E-state index contributed by atoms with van der Waals surface area (Å²) in [5, 5.41) is 9.39. The molecule has 240 valence electrons. The average Bonchev–Trinajstić information content (AvgIpc) is 3.35. The zero-order chi connectivity index (χ0) is 31.9. The number of likely N-dealkylation sites (tertiary alicyclic amines) is 1. The largest absolute Gasteiger partial charge is 0.437 e. The summed E-state index contributed by atoms with van der Waals surface area (Å²) in [6.07, 6.45) is 4.63. The predicted octanol–water partition coefficient (Wildman–Crippen LogP) is 4.49. The number of rotatable bonds is 7. The molecular formula is C32H38F2N6O5. The Bertz CT molecular complexity index is 1570. The molecule has 0 saturated carbocycles. The number of anilines is 1. The smallest absolute Gasteiger partial charge is 0.424 e. The minimum absolute atomic E-state index is 0.0468. The number of ether oxygens (including phenoxy) is 2. The second kappa shape index (κ2) is 12.1. The maximum Gasteiger partial charge on any atom is 0.424 e. The van der Waals surface area contributed by atoms with Crippen LogP contribution in [0.4, 0.5) is 24.2 Å². The summed E-state index contributed by atoms with van der Waals surface area (Å²) in [5.41, 5.74) is 5.22. The van der Waals surface area contributed by atoms with Gasteiger partial charge in [0.2, 0.25) is 0 Å². The van der Waals surface area contributed by atoms with Crippen LogP contribution in [0.3, 0.4) is 0 Å². The summed E-state index contributed by atoms with van der Waals surface area (Å²) < 4.78 is 44.0. The quantitative estimate of drug-likeness (QED) is 0.393. The molecule has 3 aliphatic rings. The van der Waals surface area contributed by atoms with E-state index in [0.717, 1.165) is 16.4 Å². The van der Waals surface area contributed by atoms with Gasteiger partial charge in [-0.2, -0.15) is 4.90 Å². The number of aliphatic hydroxyl groups excluding tert-OH is 1. The molecule has 13 heteroatoms. The van der Waals surface area contributed by atoms with Crippen LogP contribution in [-0.4, -0.2) is 69.5 Å². The summed E-state index contributed by atoms with van der Waals surface area (Å²) in [4.78, 5) is 37.0. The fourth-order valence-corrected chi connectivity index (χ4v) is 7.17. The van der Waals surface area contributed by atoms with Crippen LogP contribution in [0.5, 0.6) is 0 Å². The lowest BCUT2D eigenvalue weighted by atomic mass is 9.82. The minimum atomic E-state index is -0.950. The summed E-state index contributed by atoms with van der Waals surface area (Å²) >= 11 is 0. The third-order valence-electron chi connectivity index (χ3n) is 9.41. The lowest BCUT2D eigenvalue weighted by Gasteiger charge is -2.45. The molecule has 0 bridgehead atoms. The number of carbonyl (C=O) groups is 2. The number of aromatic nitrogens is 3. The van der Waals surface area contributed by atoms with Crippen molar-refractivity contribution in [1.29, 1.82) is 0 Å². The maximum atomic E-state index is 15.0. The van der Waals surface area contributed by atoms with Crippen LogP contribution < -0.4 is 10.6 Å². The van der Waals surface area contributed by atoms with Gasteiger partial charge >= 0.3 is 12.1 Å². The molecule has 2 atom stereocenters. The van der Waals surface area contributed by atoms with Gasteiger partial charge in [0, 0.05) is 68.2 Å². The van der Waals surface area contributed by atoms with Crippen molar-refractivity contribution in [2.75, 3.05) is 37.7 Å². The lowest BCUT2D eigenvalue weighted by Crippen LogP contribution is -2.54. The third-order valence-corrected chi connectivity index (χ3v) is 9.41. The van der Waals surface area contributed by atoms with Crippen LogP contribution in [0.1, 0.15) is 74.0 Å². The van der Waals surface area contributed by atoms with Crippen molar-refractivity contribution in [3.05, 3.63) is 77.0 Å². The molecule has 5 heterocycles. The van der Waals surface area contributed by atoms with Crippen molar-refractivity contribution in [2.45, 2.75) is 69.1 Å². The van der Waals surface area contributed by atoms with Crippen LogP contribution in [0.15, 0.2) is 42.7 Å². The van der Waals surface area contributed by atoms with Crippen LogP contribution >= 0.6 is 0 Å². The zero-order valence-corrected chi connectivity index (χ0v) is 25.4. The second-order valence-electron chi connectivity index (χ2n) is 12.5. The molecule has 1 saturated heterocycles. The Labute approximate surface area is 259 Å². The molecule has 6 rings (SSSR count). The summed E-state index contributed by atoms with van der Waals surface area (Å²) in [6.45, 7) is 5.96. The number of fused-ring (bicyclic) bond motifs is 3. The van der Waals surface area contributed by atoms with Crippen LogP contribution in [0.25, 0.3) is 0 Å². The van der Waals surface area contributed by atoms with Crippen LogP contribution in [0.2, 0.25) is 0 Å². The normalized spacial score (nSPS) is 21.6. The van der Waals surface area contributed by atoms with Gasteiger partial charge in [0.05, 0.1) is 25.1 Å². The molecule has 3 aromatic rings. The van der Waals surface area contributed by atoms with E-state index < -0.39 is 40.9 Å². The Balaban J connectivity index is 1.26. The molecular weight excluding hydrogens is 586 g/mol. The highest BCUT2D eigenvalue weighted by Crippen LogP contribution is 2.45. The van der Waals surface area contributed by atoms with Crippen LogP contribution in [-0.2, 0) is 27.2 Å². The first-order valence-corrected chi connectivity index (χ1v) is 15.3. The highest BCUT2D eigenvalue weighted by atomic mass is 19.1. The van der Waals surface area contributed by atoms with Gasteiger partial charge in [0.15, 0.2) is 5.82 Å². The molecule has 45 heavy (non-hydrogen) atoms. The fraction of sp³-hybridized carbons (Fsp3) is 0.500. The van der Waals surface area contributed by atoms with E-state index in [0.29, 0.717) is 57.4 Å². The standard InChI is InChI=1S/C32H38F2N6O5/c1-31(2,44-16-15-41)25-17-37-27-21(9-8-20(19-39(25)27)26-23(33)6-3-7-24(26)34)18-38-13-10-32(11-14-38)22-5-4-12-36-28(22)40(29(35)42)30(43)45-32/h3-7,12,17,20-21,41H,8-11,13-16,18-19H2,1-2H3,(H2,35,42)/t20-,21-/m1/s1. The second-order valence-corrected chi connectivity index (χ2v) is 12.5. The first-order valence-electron chi connectivity index (χ1n) is 15.3. The number of imide groups is 1. The third kappa shape index (κ3) is 5.68. The monoisotopic (exact) mass is 624 g/mol. The molecule has 1 spiro atoms. The number of aliphatic hydroxyl groups is 1. The number of hydrogen-bond acceptors (Lipinski definition) is 8. The van der Waals surface area contributed by atoms with Crippen molar-refractivity contribution in [3.63, 3.8) is 0 Å². The topological polar surface area (TPSA) is 136 Å². The number of primary amides is 1. The number of hydrogen-bond donors (Lipinski definition) is 2. The van der Waals surface area contributed by atoms with Gasteiger partial charge in [-0.05, 0) is 51.0 Å². The molecule has 11 nitrogen and oxygen atoms in total. The van der Waals surface area contributed by atoms with Gasteiger partial charge in [-0.3, -0.25) is 0 Å². The highest BCUT2D eigenvalue weighted by Gasteiger charge is 2.49. The lowest BCUT2D eigenvalue weighted by molar-refractivity contribution is -0.0432. The molecule has 1 fully saturated rings. The molecule has 1 aromatic carbocycles. The van der Waals surface area contributed by atoms with Gasteiger partial charge < -0.3 is 29.8 Å². The zero-order valence-electron chi connectivity index (χ0n) is 25.4. The Kier molecular flexibility index (Phi) is 8.35. The molecule has 3 amide bonds. The highest BCUT2D eigenvalue weighted by molar-refractivity contribution is 6.11. The maximum absolute atomic E-state index is 15.0. The van der Waals surface area contributed by atoms with Gasteiger partial charge in [0.1, 0.15) is 28.7 Å². The molecule has 0 unspecified atom stereocenters. The number of carbonyl (C=O) groups excluding carboxylic acids is 2. The number of nitrogens with two attached hydrogens (primary N) is 1. The number of amides is 3. The Morgan fingerprint density at radius 1 is 1.16 bits per heavy atom. The summed E-state index contributed by atoms with van der Waals surface area (Å²) in [7, 11) is 0. The predicted molar refractivity (Wildman–Crippen MR) is 159 cm³/mol. The number of imidazole rings is 1. The van der Waals surface area contributed by atoms with E-state index in [1.165, 1.54) is 24.4 Å². The van der Waals surface area contributed by atoms with Crippen molar-refractivity contribution >= 4 is 17.9 Å². The van der Waals surface area contributed by atoms with E-state index in [1.54, 1.807) is 12.3 Å². The summed E-state index contributed by atoms with van der Waals surface area (Å²) in [5.74, 6) is -0.572. The summed E-state index contributed by atoms with van der Waals surface area (Å²) in [6, 6.07) is 6.57. The molecule has 2 aromatic heterocycles. The van der Waals surface area contributed by atoms with Crippen LogP contribution in [0, 0.1) is 11.6 Å². The molecule has 0 aliphatic carbocycles. The molecule has 0 radical (unpaired) electrons. The minimum Gasteiger partial charge on any atom is -0.437 e. The van der Waals surface area contributed by atoms with E-state index in [4.69, 9.17) is 20.2 Å². The van der Waals surface area contributed by atoms with Gasteiger partial charge in [0.25, 0.3) is 0 Å². The average molecular weight is 625 g/mol. The number of urea groups is 1. The Morgan fingerprint density at radius 3 is 2.58 bits per heavy atom. The van der Waals surface area contributed by atoms with Gasteiger partial charge in [-0.1, -0.05) is 6.07 Å². The van der Waals surface area contributed by atoms with Crippen molar-refractivity contribution < 1.29 is 33.0 Å².